The predicted octanol–water partition coefficient (Wildman–Crippen LogP) is 1.04. The number of amides is 1. The lowest BCUT2D eigenvalue weighted by atomic mass is 10.1. The van der Waals surface area contributed by atoms with Crippen LogP contribution in [-0.2, 0) is 0 Å². The maximum atomic E-state index is 12.4. The van der Waals surface area contributed by atoms with Crippen LogP contribution in [0.25, 0.3) is 0 Å². The van der Waals surface area contributed by atoms with Crippen molar-refractivity contribution < 1.29 is 9.90 Å². The van der Waals surface area contributed by atoms with E-state index in [1.54, 1.807) is 17.2 Å². The summed E-state index contributed by atoms with van der Waals surface area (Å²) in [4.78, 5) is 18.1. The first kappa shape index (κ1) is 12.8. The first-order chi connectivity index (χ1) is 8.74. The van der Waals surface area contributed by atoms with E-state index < -0.39 is 0 Å². The van der Waals surface area contributed by atoms with Crippen molar-refractivity contribution in [2.24, 2.45) is 0 Å². The van der Waals surface area contributed by atoms with Crippen LogP contribution in [0.2, 0.25) is 0 Å². The van der Waals surface area contributed by atoms with E-state index in [2.05, 4.69) is 4.98 Å². The number of hydrogen-bond acceptors (Lipinski definition) is 4. The summed E-state index contributed by atoms with van der Waals surface area (Å²) in [6, 6.07) is 1.55. The van der Waals surface area contributed by atoms with Gasteiger partial charge >= 0.3 is 0 Å². The molecule has 1 unspecified atom stereocenters. The molecular formula is C13H19N3O2. The van der Waals surface area contributed by atoms with E-state index in [-0.39, 0.29) is 18.6 Å². The Morgan fingerprint density at radius 2 is 2.33 bits per heavy atom. The Morgan fingerprint density at radius 3 is 3.06 bits per heavy atom. The highest BCUT2D eigenvalue weighted by Gasteiger charge is 2.26. The summed E-state index contributed by atoms with van der Waals surface area (Å²) >= 11 is 0. The second kappa shape index (κ2) is 5.82. The van der Waals surface area contributed by atoms with Gasteiger partial charge in [-0.3, -0.25) is 9.78 Å². The lowest BCUT2D eigenvalue weighted by Gasteiger charge is -2.29. The number of anilines is 1. The van der Waals surface area contributed by atoms with E-state index in [4.69, 9.17) is 5.73 Å². The largest absolute Gasteiger partial charge is 0.397 e. The molecule has 1 aromatic rings. The quantitative estimate of drug-likeness (QED) is 0.820. The van der Waals surface area contributed by atoms with Gasteiger partial charge in [-0.15, -0.1) is 0 Å². The monoisotopic (exact) mass is 249 g/mol. The minimum Gasteiger partial charge on any atom is -0.397 e. The van der Waals surface area contributed by atoms with E-state index >= 15 is 0 Å². The maximum Gasteiger partial charge on any atom is 0.256 e. The molecule has 18 heavy (non-hydrogen) atoms. The molecule has 2 heterocycles. The molecule has 1 aromatic heterocycles. The van der Waals surface area contributed by atoms with Gasteiger partial charge in [-0.1, -0.05) is 12.8 Å². The number of aliphatic hydroxyl groups is 1. The van der Waals surface area contributed by atoms with Crippen molar-refractivity contribution in [2.45, 2.75) is 31.7 Å². The average Bonchev–Trinajstić information content (AvgIpc) is 2.63. The normalized spacial score (nSPS) is 20.5. The molecule has 0 radical (unpaired) electrons. The van der Waals surface area contributed by atoms with Gasteiger partial charge in [-0.2, -0.15) is 0 Å². The van der Waals surface area contributed by atoms with E-state index in [0.717, 1.165) is 25.7 Å². The van der Waals surface area contributed by atoms with E-state index in [9.17, 15) is 9.90 Å². The smallest absolute Gasteiger partial charge is 0.256 e. The zero-order chi connectivity index (χ0) is 13.0. The van der Waals surface area contributed by atoms with Crippen LogP contribution in [0.1, 0.15) is 36.0 Å². The molecule has 0 aromatic carbocycles. The summed E-state index contributed by atoms with van der Waals surface area (Å²) in [6.45, 7) is 0.697. The SMILES string of the molecule is Nc1cnccc1C(=O)N1CCCCCC1CO. The van der Waals surface area contributed by atoms with Crippen LogP contribution in [0.5, 0.6) is 0 Å². The molecule has 1 fully saturated rings. The summed E-state index contributed by atoms with van der Waals surface area (Å²) < 4.78 is 0. The molecule has 5 nitrogen and oxygen atoms in total. The van der Waals surface area contributed by atoms with Gasteiger partial charge in [0.2, 0.25) is 0 Å². The van der Waals surface area contributed by atoms with E-state index in [1.165, 1.54) is 6.20 Å². The van der Waals surface area contributed by atoms with Crippen molar-refractivity contribution in [3.63, 3.8) is 0 Å². The van der Waals surface area contributed by atoms with Gasteiger partial charge in [0.1, 0.15) is 0 Å². The molecule has 1 saturated heterocycles. The molecule has 1 amide bonds. The number of nitrogens with two attached hydrogens (primary N) is 1. The summed E-state index contributed by atoms with van der Waals surface area (Å²) in [5.41, 5.74) is 6.65. The number of rotatable bonds is 2. The third-order valence-electron chi connectivity index (χ3n) is 3.43. The Hall–Kier alpha value is -1.62. The van der Waals surface area contributed by atoms with Crippen molar-refractivity contribution >= 4 is 11.6 Å². The fourth-order valence-electron chi connectivity index (χ4n) is 2.39. The number of nitrogen functional groups attached to an aromatic ring is 1. The third kappa shape index (κ3) is 2.61. The minimum atomic E-state index is -0.101. The fraction of sp³-hybridized carbons (Fsp3) is 0.538. The maximum absolute atomic E-state index is 12.4. The number of nitrogens with zero attached hydrogens (tertiary/aromatic N) is 2. The number of aliphatic hydroxyl groups excluding tert-OH is 1. The molecule has 98 valence electrons. The van der Waals surface area contributed by atoms with Gasteiger partial charge in [0, 0.05) is 12.7 Å². The molecule has 0 spiro atoms. The molecule has 1 aliphatic heterocycles. The van der Waals surface area contributed by atoms with Crippen LogP contribution < -0.4 is 5.73 Å². The highest BCUT2D eigenvalue weighted by Crippen LogP contribution is 2.21. The van der Waals surface area contributed by atoms with Gasteiger partial charge in [-0.25, -0.2) is 0 Å². The van der Waals surface area contributed by atoms with Crippen LogP contribution in [-0.4, -0.2) is 40.1 Å². The van der Waals surface area contributed by atoms with Gasteiger partial charge in [0.25, 0.3) is 5.91 Å². The number of pyridine rings is 1. The average molecular weight is 249 g/mol. The molecule has 2 rings (SSSR count). The van der Waals surface area contributed by atoms with Crippen molar-refractivity contribution in [3.8, 4) is 0 Å². The molecule has 0 saturated carbocycles. The lowest BCUT2D eigenvalue weighted by Crippen LogP contribution is -2.42. The first-order valence-electron chi connectivity index (χ1n) is 6.35. The Kier molecular flexibility index (Phi) is 4.15. The van der Waals surface area contributed by atoms with Gasteiger partial charge in [0.15, 0.2) is 0 Å². The summed E-state index contributed by atoms with van der Waals surface area (Å²) in [5.74, 6) is -0.101. The fourth-order valence-corrected chi connectivity index (χ4v) is 2.39. The zero-order valence-electron chi connectivity index (χ0n) is 10.4. The number of carbonyl (C=O) groups is 1. The molecule has 3 N–H and O–H groups in total. The second-order valence-corrected chi connectivity index (χ2v) is 4.65. The van der Waals surface area contributed by atoms with E-state index in [0.29, 0.717) is 17.8 Å². The van der Waals surface area contributed by atoms with Crippen molar-refractivity contribution in [1.82, 2.24) is 9.88 Å². The molecule has 1 aliphatic rings. The number of likely N-dealkylation sites (tertiary alicyclic amines) is 1. The Balaban J connectivity index is 2.23. The highest BCUT2D eigenvalue weighted by molar-refractivity contribution is 5.99. The third-order valence-corrected chi connectivity index (χ3v) is 3.43. The van der Waals surface area contributed by atoms with Crippen LogP contribution >= 0.6 is 0 Å². The molecule has 0 bridgehead atoms. The second-order valence-electron chi connectivity index (χ2n) is 4.65. The minimum absolute atomic E-state index is 0.0106. The Bertz CT molecular complexity index is 422. The highest BCUT2D eigenvalue weighted by atomic mass is 16.3. The zero-order valence-corrected chi connectivity index (χ0v) is 10.4. The Labute approximate surface area is 107 Å². The van der Waals surface area contributed by atoms with Gasteiger partial charge < -0.3 is 15.7 Å². The number of aromatic nitrogens is 1. The van der Waals surface area contributed by atoms with Crippen molar-refractivity contribution in [3.05, 3.63) is 24.0 Å². The molecule has 0 aliphatic carbocycles. The molecule has 1 atom stereocenters. The van der Waals surface area contributed by atoms with Gasteiger partial charge in [-0.05, 0) is 18.9 Å². The standard InChI is InChI=1S/C13H19N3O2/c14-12-8-15-6-5-11(12)13(18)16-7-3-1-2-4-10(16)9-17/h5-6,8,10,17H,1-4,7,9,14H2. The van der Waals surface area contributed by atoms with Crippen LogP contribution in [0.15, 0.2) is 18.5 Å². The van der Waals surface area contributed by atoms with Crippen molar-refractivity contribution in [1.29, 1.82) is 0 Å². The van der Waals surface area contributed by atoms with E-state index in [1.807, 2.05) is 0 Å². The van der Waals surface area contributed by atoms with Crippen molar-refractivity contribution in [2.75, 3.05) is 18.9 Å². The summed E-state index contributed by atoms with van der Waals surface area (Å²) in [5, 5.41) is 9.41. The number of carbonyl (C=O) groups excluding carboxylic acids is 1. The predicted molar refractivity (Wildman–Crippen MR) is 69.0 cm³/mol. The van der Waals surface area contributed by atoms with Crippen LogP contribution in [0.4, 0.5) is 5.69 Å². The van der Waals surface area contributed by atoms with Crippen LogP contribution in [0.3, 0.4) is 0 Å². The Morgan fingerprint density at radius 1 is 1.50 bits per heavy atom. The summed E-state index contributed by atoms with van der Waals surface area (Å²) in [7, 11) is 0. The lowest BCUT2D eigenvalue weighted by molar-refractivity contribution is 0.0601. The van der Waals surface area contributed by atoms with Gasteiger partial charge in [0.05, 0.1) is 30.1 Å². The molecular weight excluding hydrogens is 230 g/mol. The topological polar surface area (TPSA) is 79.5 Å². The number of hydrogen-bond donors (Lipinski definition) is 2. The molecule has 5 heteroatoms. The first-order valence-corrected chi connectivity index (χ1v) is 6.35. The summed E-state index contributed by atoms with van der Waals surface area (Å²) in [6.07, 6.45) is 7.04. The van der Waals surface area contributed by atoms with Crippen LogP contribution in [0, 0.1) is 0 Å².